The van der Waals surface area contributed by atoms with Crippen LogP contribution in [0.5, 0.6) is 0 Å². The van der Waals surface area contributed by atoms with Gasteiger partial charge in [0.25, 0.3) is 0 Å². The van der Waals surface area contributed by atoms with E-state index in [0.29, 0.717) is 12.0 Å². The summed E-state index contributed by atoms with van der Waals surface area (Å²) in [5.74, 6) is -0.334. The quantitative estimate of drug-likeness (QED) is 0.540. The number of benzene rings is 1. The lowest BCUT2D eigenvalue weighted by atomic mass is 10.2. The maximum absolute atomic E-state index is 11.2. The van der Waals surface area contributed by atoms with E-state index in [1.807, 2.05) is 0 Å². The predicted molar refractivity (Wildman–Crippen MR) is 72.6 cm³/mol. The molecule has 0 radical (unpaired) electrons. The van der Waals surface area contributed by atoms with E-state index < -0.39 is 0 Å². The summed E-state index contributed by atoms with van der Waals surface area (Å²) in [6.07, 6.45) is 3.57. The topological polar surface area (TPSA) is 87.3 Å². The average molecular weight is 261 g/mol. The van der Waals surface area contributed by atoms with Gasteiger partial charge in [0.2, 0.25) is 5.91 Å². The van der Waals surface area contributed by atoms with Crippen molar-refractivity contribution >= 4 is 30.0 Å². The molecule has 1 rings (SSSR count). The van der Waals surface area contributed by atoms with E-state index in [-0.39, 0.29) is 18.5 Å². The standard InChI is InChI=1S/C13H15N3O3/c1-14-13(19)16-11-5-2-10(3-6-11)4-7-12(18)15-8-9-17/h2-7,9H,8H2,1H3,(H,15,18)(H2,14,16,19). The Bertz CT molecular complexity index is 480. The van der Waals surface area contributed by atoms with Crippen molar-refractivity contribution in [2.45, 2.75) is 0 Å². The van der Waals surface area contributed by atoms with E-state index >= 15 is 0 Å². The Morgan fingerprint density at radius 1 is 1.21 bits per heavy atom. The Balaban J connectivity index is 2.56. The second-order valence-electron chi connectivity index (χ2n) is 3.57. The van der Waals surface area contributed by atoms with Crippen molar-refractivity contribution in [3.63, 3.8) is 0 Å². The largest absolute Gasteiger partial charge is 0.346 e. The molecule has 6 heteroatoms. The minimum Gasteiger partial charge on any atom is -0.346 e. The number of hydrogen-bond acceptors (Lipinski definition) is 3. The van der Waals surface area contributed by atoms with Crippen LogP contribution in [0.4, 0.5) is 10.5 Å². The number of hydrogen-bond donors (Lipinski definition) is 3. The van der Waals surface area contributed by atoms with Crippen molar-refractivity contribution in [2.24, 2.45) is 0 Å². The first kappa shape index (κ1) is 14.4. The Morgan fingerprint density at radius 2 is 1.89 bits per heavy atom. The van der Waals surface area contributed by atoms with Crippen LogP contribution >= 0.6 is 0 Å². The Hall–Kier alpha value is -2.63. The van der Waals surface area contributed by atoms with Gasteiger partial charge in [0.15, 0.2) is 0 Å². The highest BCUT2D eigenvalue weighted by molar-refractivity contribution is 5.93. The van der Waals surface area contributed by atoms with Gasteiger partial charge in [-0.3, -0.25) is 4.79 Å². The first-order valence-electron chi connectivity index (χ1n) is 5.64. The third-order valence-corrected chi connectivity index (χ3v) is 2.18. The van der Waals surface area contributed by atoms with Crippen LogP contribution in [0.15, 0.2) is 30.3 Å². The zero-order valence-electron chi connectivity index (χ0n) is 10.5. The fraction of sp³-hybridized carbons (Fsp3) is 0.154. The minimum atomic E-state index is -0.334. The number of rotatable bonds is 5. The summed E-state index contributed by atoms with van der Waals surface area (Å²) in [6, 6.07) is 6.66. The Labute approximate surface area is 110 Å². The van der Waals surface area contributed by atoms with E-state index in [1.54, 1.807) is 30.3 Å². The van der Waals surface area contributed by atoms with Crippen molar-refractivity contribution in [2.75, 3.05) is 18.9 Å². The molecular weight excluding hydrogens is 246 g/mol. The molecule has 100 valence electrons. The van der Waals surface area contributed by atoms with Crippen LogP contribution in [-0.2, 0) is 9.59 Å². The van der Waals surface area contributed by atoms with Crippen LogP contribution in [0.25, 0.3) is 6.08 Å². The van der Waals surface area contributed by atoms with Crippen LogP contribution in [0, 0.1) is 0 Å². The molecule has 19 heavy (non-hydrogen) atoms. The van der Waals surface area contributed by atoms with Gasteiger partial charge in [0.1, 0.15) is 6.29 Å². The van der Waals surface area contributed by atoms with E-state index in [9.17, 15) is 14.4 Å². The van der Waals surface area contributed by atoms with Gasteiger partial charge >= 0.3 is 6.03 Å². The third-order valence-electron chi connectivity index (χ3n) is 2.18. The van der Waals surface area contributed by atoms with E-state index in [2.05, 4.69) is 16.0 Å². The monoisotopic (exact) mass is 261 g/mol. The number of anilines is 1. The summed E-state index contributed by atoms with van der Waals surface area (Å²) in [6.45, 7) is -0.00182. The van der Waals surface area contributed by atoms with Crippen molar-refractivity contribution in [1.82, 2.24) is 10.6 Å². The van der Waals surface area contributed by atoms with Crippen molar-refractivity contribution < 1.29 is 14.4 Å². The third kappa shape index (κ3) is 5.49. The van der Waals surface area contributed by atoms with Crippen LogP contribution in [0.1, 0.15) is 5.56 Å². The summed E-state index contributed by atoms with van der Waals surface area (Å²) in [7, 11) is 1.53. The number of urea groups is 1. The SMILES string of the molecule is CNC(=O)Nc1ccc(C=CC(=O)NCC=O)cc1. The number of aldehydes is 1. The van der Waals surface area contributed by atoms with Gasteiger partial charge in [-0.15, -0.1) is 0 Å². The first-order chi connectivity index (χ1) is 9.15. The van der Waals surface area contributed by atoms with Crippen molar-refractivity contribution in [1.29, 1.82) is 0 Å². The number of nitrogens with one attached hydrogen (secondary N) is 3. The molecular formula is C13H15N3O3. The summed E-state index contributed by atoms with van der Waals surface area (Å²) in [5, 5.41) is 7.45. The molecule has 0 heterocycles. The molecule has 0 fully saturated rings. The predicted octanol–water partition coefficient (Wildman–Crippen LogP) is 0.766. The number of amides is 3. The van der Waals surface area contributed by atoms with Gasteiger partial charge in [-0.1, -0.05) is 12.1 Å². The molecule has 0 aliphatic rings. The summed E-state index contributed by atoms with van der Waals surface area (Å²) >= 11 is 0. The van der Waals surface area contributed by atoms with E-state index in [1.165, 1.54) is 13.1 Å². The molecule has 1 aromatic carbocycles. The molecule has 0 saturated heterocycles. The van der Waals surface area contributed by atoms with Gasteiger partial charge in [-0.05, 0) is 23.8 Å². The van der Waals surface area contributed by atoms with Gasteiger partial charge < -0.3 is 20.7 Å². The van der Waals surface area contributed by atoms with Crippen LogP contribution in [-0.4, -0.2) is 31.8 Å². The smallest absolute Gasteiger partial charge is 0.318 e. The normalized spacial score (nSPS) is 9.95. The molecule has 0 aliphatic heterocycles. The highest BCUT2D eigenvalue weighted by atomic mass is 16.2. The van der Waals surface area contributed by atoms with Gasteiger partial charge in [0.05, 0.1) is 6.54 Å². The molecule has 0 bridgehead atoms. The fourth-order valence-corrected chi connectivity index (χ4v) is 1.24. The Morgan fingerprint density at radius 3 is 2.47 bits per heavy atom. The second kappa shape index (κ2) is 7.65. The van der Waals surface area contributed by atoms with Gasteiger partial charge in [0, 0.05) is 18.8 Å². The van der Waals surface area contributed by atoms with E-state index in [0.717, 1.165) is 5.56 Å². The Kier molecular flexibility index (Phi) is 5.81. The molecule has 0 unspecified atom stereocenters. The lowest BCUT2D eigenvalue weighted by Crippen LogP contribution is -2.24. The molecule has 3 N–H and O–H groups in total. The molecule has 0 aliphatic carbocycles. The van der Waals surface area contributed by atoms with Crippen LogP contribution in [0.3, 0.4) is 0 Å². The average Bonchev–Trinajstić information content (AvgIpc) is 2.44. The molecule has 6 nitrogen and oxygen atoms in total. The second-order valence-corrected chi connectivity index (χ2v) is 3.57. The van der Waals surface area contributed by atoms with Crippen LogP contribution in [0.2, 0.25) is 0 Å². The number of carbonyl (C=O) groups excluding carboxylic acids is 3. The van der Waals surface area contributed by atoms with Crippen LogP contribution < -0.4 is 16.0 Å². The summed E-state index contributed by atoms with van der Waals surface area (Å²) in [4.78, 5) is 32.3. The zero-order valence-corrected chi connectivity index (χ0v) is 10.5. The first-order valence-corrected chi connectivity index (χ1v) is 5.64. The lowest BCUT2D eigenvalue weighted by Gasteiger charge is -2.04. The maximum atomic E-state index is 11.2. The highest BCUT2D eigenvalue weighted by Gasteiger charge is 1.98. The molecule has 1 aromatic rings. The maximum Gasteiger partial charge on any atom is 0.318 e. The van der Waals surface area contributed by atoms with E-state index in [4.69, 9.17) is 0 Å². The van der Waals surface area contributed by atoms with Gasteiger partial charge in [-0.2, -0.15) is 0 Å². The molecule has 0 atom stereocenters. The van der Waals surface area contributed by atoms with Gasteiger partial charge in [-0.25, -0.2) is 4.79 Å². The zero-order chi connectivity index (χ0) is 14.1. The fourth-order valence-electron chi connectivity index (χ4n) is 1.24. The highest BCUT2D eigenvalue weighted by Crippen LogP contribution is 2.10. The summed E-state index contributed by atoms with van der Waals surface area (Å²) < 4.78 is 0. The van der Waals surface area contributed by atoms with Crippen molar-refractivity contribution in [3.05, 3.63) is 35.9 Å². The molecule has 0 saturated carbocycles. The molecule has 0 spiro atoms. The number of carbonyl (C=O) groups is 3. The lowest BCUT2D eigenvalue weighted by molar-refractivity contribution is -0.118. The summed E-state index contributed by atoms with van der Waals surface area (Å²) in [5.41, 5.74) is 1.46. The molecule has 0 aromatic heterocycles. The van der Waals surface area contributed by atoms with Crippen molar-refractivity contribution in [3.8, 4) is 0 Å². The minimum absolute atomic E-state index is 0.00182. The molecule has 3 amide bonds.